The predicted octanol–water partition coefficient (Wildman–Crippen LogP) is 0.279. The molecule has 140 valence electrons. The van der Waals surface area contributed by atoms with E-state index in [0.717, 1.165) is 31.2 Å². The third kappa shape index (κ3) is 7.27. The number of β-amino-alcohol motifs (C(OH)–C–C–N with tert-alkyl or cyclic N) is 1. The molecule has 1 unspecified atom stereocenters. The molecule has 0 saturated carbocycles. The van der Waals surface area contributed by atoms with Crippen LogP contribution in [-0.4, -0.2) is 82.7 Å². The highest BCUT2D eigenvalue weighted by Gasteiger charge is 2.20. The summed E-state index contributed by atoms with van der Waals surface area (Å²) in [4.78, 5) is 22.7. The standard InChI is InChI=1S/C14H21ClN2O2.C2H2O4/c1-11-2-3-12(15)8-14(11)17-6-4-16(5-7-17)9-13(19)10-18;3-1(4)2(5)6/h2-3,8,13,18-19H,4-7,9-10H2,1H3;(H,3,4)(H,5,6). The lowest BCUT2D eigenvalue weighted by atomic mass is 10.1. The first kappa shape index (κ1) is 21.2. The van der Waals surface area contributed by atoms with Crippen LogP contribution in [0.3, 0.4) is 0 Å². The van der Waals surface area contributed by atoms with Gasteiger partial charge in [0.25, 0.3) is 0 Å². The molecule has 1 aliphatic rings. The summed E-state index contributed by atoms with van der Waals surface area (Å²) in [5.41, 5.74) is 2.42. The van der Waals surface area contributed by atoms with Gasteiger partial charge >= 0.3 is 11.9 Å². The van der Waals surface area contributed by atoms with Gasteiger partial charge in [0, 0.05) is 43.4 Å². The minimum absolute atomic E-state index is 0.173. The van der Waals surface area contributed by atoms with Crippen molar-refractivity contribution in [2.24, 2.45) is 0 Å². The molecule has 9 heteroatoms. The number of aryl methyl sites for hydroxylation is 1. The van der Waals surface area contributed by atoms with E-state index in [2.05, 4.69) is 16.7 Å². The molecule has 1 aliphatic heterocycles. The van der Waals surface area contributed by atoms with Crippen LogP contribution in [0.2, 0.25) is 5.02 Å². The van der Waals surface area contributed by atoms with Gasteiger partial charge in [-0.2, -0.15) is 0 Å². The molecule has 25 heavy (non-hydrogen) atoms. The van der Waals surface area contributed by atoms with Crippen molar-refractivity contribution in [1.29, 1.82) is 0 Å². The van der Waals surface area contributed by atoms with Gasteiger partial charge < -0.3 is 25.3 Å². The highest BCUT2D eigenvalue weighted by atomic mass is 35.5. The van der Waals surface area contributed by atoms with E-state index in [1.165, 1.54) is 11.3 Å². The Labute approximate surface area is 150 Å². The summed E-state index contributed by atoms with van der Waals surface area (Å²) >= 11 is 6.05. The molecule has 0 aliphatic carbocycles. The highest BCUT2D eigenvalue weighted by Crippen LogP contribution is 2.25. The number of halogens is 1. The van der Waals surface area contributed by atoms with Crippen LogP contribution in [0, 0.1) is 6.92 Å². The average molecular weight is 375 g/mol. The van der Waals surface area contributed by atoms with Gasteiger partial charge in [-0.05, 0) is 24.6 Å². The average Bonchev–Trinajstić information content (AvgIpc) is 2.58. The second-order valence-electron chi connectivity index (χ2n) is 5.67. The van der Waals surface area contributed by atoms with Crippen molar-refractivity contribution >= 4 is 29.2 Å². The molecule has 1 atom stereocenters. The van der Waals surface area contributed by atoms with Crippen molar-refractivity contribution in [2.45, 2.75) is 13.0 Å². The van der Waals surface area contributed by atoms with Crippen molar-refractivity contribution < 1.29 is 30.0 Å². The quantitative estimate of drug-likeness (QED) is 0.554. The van der Waals surface area contributed by atoms with Gasteiger partial charge in [0.15, 0.2) is 0 Å². The van der Waals surface area contributed by atoms with Crippen LogP contribution in [-0.2, 0) is 9.59 Å². The summed E-state index contributed by atoms with van der Waals surface area (Å²) < 4.78 is 0. The van der Waals surface area contributed by atoms with E-state index in [0.29, 0.717) is 6.54 Å². The first-order chi connectivity index (χ1) is 11.7. The molecule has 0 radical (unpaired) electrons. The molecule has 1 aromatic carbocycles. The Morgan fingerprint density at radius 2 is 1.72 bits per heavy atom. The molecular formula is C16H23ClN2O6. The number of aliphatic hydroxyl groups is 2. The Kier molecular flexibility index (Phi) is 8.64. The number of carboxylic acids is 2. The second kappa shape index (κ2) is 10.2. The van der Waals surface area contributed by atoms with Crippen molar-refractivity contribution in [2.75, 3.05) is 44.2 Å². The zero-order chi connectivity index (χ0) is 19.0. The topological polar surface area (TPSA) is 122 Å². The van der Waals surface area contributed by atoms with E-state index in [9.17, 15) is 5.11 Å². The van der Waals surface area contributed by atoms with Crippen LogP contribution < -0.4 is 4.90 Å². The zero-order valence-corrected chi connectivity index (χ0v) is 14.7. The number of rotatable bonds is 4. The van der Waals surface area contributed by atoms with Crippen LogP contribution in [0.5, 0.6) is 0 Å². The number of piperazine rings is 1. The third-order valence-electron chi connectivity index (χ3n) is 3.75. The minimum atomic E-state index is -1.82. The smallest absolute Gasteiger partial charge is 0.414 e. The van der Waals surface area contributed by atoms with Crippen molar-refractivity contribution in [3.05, 3.63) is 28.8 Å². The molecule has 1 aromatic rings. The minimum Gasteiger partial charge on any atom is -0.473 e. The second-order valence-corrected chi connectivity index (χ2v) is 6.10. The Morgan fingerprint density at radius 1 is 1.16 bits per heavy atom. The van der Waals surface area contributed by atoms with E-state index in [4.69, 9.17) is 36.5 Å². The van der Waals surface area contributed by atoms with Gasteiger partial charge in [-0.15, -0.1) is 0 Å². The number of aliphatic hydroxyl groups excluding tert-OH is 2. The fourth-order valence-electron chi connectivity index (χ4n) is 2.45. The Balaban J connectivity index is 0.000000450. The maximum absolute atomic E-state index is 9.45. The van der Waals surface area contributed by atoms with Gasteiger partial charge in [-0.25, -0.2) is 9.59 Å². The number of hydrogen-bond donors (Lipinski definition) is 4. The van der Waals surface area contributed by atoms with Crippen LogP contribution in [0.15, 0.2) is 18.2 Å². The molecule has 1 heterocycles. The molecular weight excluding hydrogens is 352 g/mol. The number of aliphatic carboxylic acids is 2. The van der Waals surface area contributed by atoms with Gasteiger partial charge in [-0.1, -0.05) is 17.7 Å². The lowest BCUT2D eigenvalue weighted by Gasteiger charge is -2.37. The summed E-state index contributed by atoms with van der Waals surface area (Å²) in [5.74, 6) is -3.65. The van der Waals surface area contributed by atoms with Gasteiger partial charge in [0.2, 0.25) is 0 Å². The molecule has 4 N–H and O–H groups in total. The van der Waals surface area contributed by atoms with E-state index in [-0.39, 0.29) is 6.61 Å². The molecule has 8 nitrogen and oxygen atoms in total. The summed E-state index contributed by atoms with van der Waals surface area (Å²) in [5, 5.41) is 33.9. The first-order valence-electron chi connectivity index (χ1n) is 7.73. The Hall–Kier alpha value is -1.87. The molecule has 1 fully saturated rings. The SMILES string of the molecule is Cc1ccc(Cl)cc1N1CCN(CC(O)CO)CC1.O=C(O)C(=O)O. The van der Waals surface area contributed by atoms with Crippen LogP contribution in [0.1, 0.15) is 5.56 Å². The molecule has 2 rings (SSSR count). The Morgan fingerprint density at radius 3 is 2.20 bits per heavy atom. The van der Waals surface area contributed by atoms with Crippen LogP contribution >= 0.6 is 11.6 Å². The number of nitrogens with zero attached hydrogens (tertiary/aromatic N) is 2. The third-order valence-corrected chi connectivity index (χ3v) is 3.98. The van der Waals surface area contributed by atoms with E-state index in [1.807, 2.05) is 18.2 Å². The number of anilines is 1. The summed E-state index contributed by atoms with van der Waals surface area (Å²) in [6.45, 7) is 6.07. The largest absolute Gasteiger partial charge is 0.473 e. The molecule has 0 bridgehead atoms. The summed E-state index contributed by atoms with van der Waals surface area (Å²) in [6.07, 6.45) is -0.639. The van der Waals surface area contributed by atoms with Crippen LogP contribution in [0.25, 0.3) is 0 Å². The molecule has 0 spiro atoms. The monoisotopic (exact) mass is 374 g/mol. The zero-order valence-electron chi connectivity index (χ0n) is 13.9. The molecule has 1 saturated heterocycles. The maximum atomic E-state index is 9.45. The van der Waals surface area contributed by atoms with Crippen molar-refractivity contribution in [3.63, 3.8) is 0 Å². The number of benzene rings is 1. The lowest BCUT2D eigenvalue weighted by Crippen LogP contribution is -2.49. The van der Waals surface area contributed by atoms with Gasteiger partial charge in [0.1, 0.15) is 0 Å². The van der Waals surface area contributed by atoms with Crippen molar-refractivity contribution in [1.82, 2.24) is 4.90 Å². The first-order valence-corrected chi connectivity index (χ1v) is 8.11. The normalized spacial score (nSPS) is 15.9. The maximum Gasteiger partial charge on any atom is 0.414 e. The fourth-order valence-corrected chi connectivity index (χ4v) is 2.62. The molecule has 0 aromatic heterocycles. The van der Waals surface area contributed by atoms with Crippen LogP contribution in [0.4, 0.5) is 5.69 Å². The van der Waals surface area contributed by atoms with Gasteiger partial charge in [-0.3, -0.25) is 4.90 Å². The summed E-state index contributed by atoms with van der Waals surface area (Å²) in [6, 6.07) is 5.96. The van der Waals surface area contributed by atoms with Crippen molar-refractivity contribution in [3.8, 4) is 0 Å². The molecule has 0 amide bonds. The summed E-state index contributed by atoms with van der Waals surface area (Å²) in [7, 11) is 0. The lowest BCUT2D eigenvalue weighted by molar-refractivity contribution is -0.159. The van der Waals surface area contributed by atoms with Gasteiger partial charge in [0.05, 0.1) is 12.7 Å². The van der Waals surface area contributed by atoms with E-state index < -0.39 is 18.0 Å². The van der Waals surface area contributed by atoms with E-state index in [1.54, 1.807) is 0 Å². The highest BCUT2D eigenvalue weighted by molar-refractivity contribution is 6.30. The van der Waals surface area contributed by atoms with E-state index >= 15 is 0 Å². The number of carboxylic acid groups (broad SMARTS) is 2. The number of hydrogen-bond acceptors (Lipinski definition) is 6. The fraction of sp³-hybridized carbons (Fsp3) is 0.500. The number of carbonyl (C=O) groups is 2. The Bertz CT molecular complexity index is 578. The predicted molar refractivity (Wildman–Crippen MR) is 93.2 cm³/mol.